The van der Waals surface area contributed by atoms with Gasteiger partial charge in [-0.05, 0) is 6.42 Å². The van der Waals surface area contributed by atoms with Crippen molar-refractivity contribution < 1.29 is 24.8 Å². The fourth-order valence-corrected chi connectivity index (χ4v) is 1.85. The molecule has 1 aliphatic heterocycles. The van der Waals surface area contributed by atoms with E-state index in [1.165, 1.54) is 0 Å². The molecule has 16 heavy (non-hydrogen) atoms. The average molecular weight is 252 g/mol. The van der Waals surface area contributed by atoms with Gasteiger partial charge in [-0.2, -0.15) is 12.6 Å². The van der Waals surface area contributed by atoms with Gasteiger partial charge >= 0.3 is 0 Å². The number of aliphatic hydroxyl groups is 3. The van der Waals surface area contributed by atoms with Crippen LogP contribution in [0.5, 0.6) is 0 Å². The standard InChI is InChI=1S/C10H20O5S/c1-2-3-4-14-10-9(13)8(12)7(11)6(5-16)15-10/h6-13,16H,2-5H2,1H3. The lowest BCUT2D eigenvalue weighted by atomic mass is 10.00. The molecule has 96 valence electrons. The summed E-state index contributed by atoms with van der Waals surface area (Å²) in [6, 6.07) is 0. The lowest BCUT2D eigenvalue weighted by Gasteiger charge is -2.39. The summed E-state index contributed by atoms with van der Waals surface area (Å²) in [5.41, 5.74) is 0. The third-order valence-corrected chi connectivity index (χ3v) is 2.99. The highest BCUT2D eigenvalue weighted by Gasteiger charge is 2.43. The van der Waals surface area contributed by atoms with Crippen molar-refractivity contribution >= 4 is 12.6 Å². The monoisotopic (exact) mass is 252 g/mol. The van der Waals surface area contributed by atoms with Crippen molar-refractivity contribution in [1.82, 2.24) is 0 Å². The smallest absolute Gasteiger partial charge is 0.186 e. The fraction of sp³-hybridized carbons (Fsp3) is 1.00. The molecule has 0 aliphatic carbocycles. The van der Waals surface area contributed by atoms with Gasteiger partial charge in [0, 0.05) is 12.4 Å². The highest BCUT2D eigenvalue weighted by molar-refractivity contribution is 7.80. The first-order chi connectivity index (χ1) is 7.61. The molecule has 0 aromatic rings. The molecule has 0 saturated carbocycles. The van der Waals surface area contributed by atoms with Crippen LogP contribution in [0, 0.1) is 0 Å². The van der Waals surface area contributed by atoms with Crippen LogP contribution >= 0.6 is 12.6 Å². The molecular weight excluding hydrogens is 232 g/mol. The third kappa shape index (κ3) is 3.32. The second-order valence-corrected chi connectivity index (χ2v) is 4.29. The second kappa shape index (κ2) is 6.78. The Morgan fingerprint density at radius 1 is 1.19 bits per heavy atom. The first-order valence-corrected chi connectivity index (χ1v) is 6.17. The predicted octanol–water partition coefficient (Wildman–Crippen LogP) is -0.460. The molecule has 1 aliphatic rings. The van der Waals surface area contributed by atoms with Crippen molar-refractivity contribution in [3.05, 3.63) is 0 Å². The van der Waals surface area contributed by atoms with E-state index in [9.17, 15) is 15.3 Å². The Morgan fingerprint density at radius 3 is 2.44 bits per heavy atom. The van der Waals surface area contributed by atoms with Crippen LogP contribution < -0.4 is 0 Å². The zero-order valence-corrected chi connectivity index (χ0v) is 10.2. The molecule has 1 rings (SSSR count). The van der Waals surface area contributed by atoms with Gasteiger partial charge in [0.25, 0.3) is 0 Å². The molecule has 0 spiro atoms. The molecule has 0 aromatic heterocycles. The third-order valence-electron chi connectivity index (χ3n) is 2.63. The summed E-state index contributed by atoms with van der Waals surface area (Å²) in [4.78, 5) is 0. The zero-order valence-electron chi connectivity index (χ0n) is 9.32. The van der Waals surface area contributed by atoms with E-state index in [1.54, 1.807) is 0 Å². The van der Waals surface area contributed by atoms with Crippen LogP contribution in [0.15, 0.2) is 0 Å². The molecule has 5 unspecified atom stereocenters. The van der Waals surface area contributed by atoms with Crippen LogP contribution in [0.4, 0.5) is 0 Å². The highest BCUT2D eigenvalue weighted by Crippen LogP contribution is 2.22. The van der Waals surface area contributed by atoms with Gasteiger partial charge in [-0.15, -0.1) is 0 Å². The average Bonchev–Trinajstić information content (AvgIpc) is 2.29. The van der Waals surface area contributed by atoms with E-state index in [4.69, 9.17) is 9.47 Å². The van der Waals surface area contributed by atoms with E-state index in [2.05, 4.69) is 12.6 Å². The summed E-state index contributed by atoms with van der Waals surface area (Å²) in [5, 5.41) is 28.8. The summed E-state index contributed by atoms with van der Waals surface area (Å²) in [6.45, 7) is 2.48. The van der Waals surface area contributed by atoms with Crippen LogP contribution in [-0.2, 0) is 9.47 Å². The molecular formula is C10H20O5S. The number of unbranched alkanes of at least 4 members (excludes halogenated alkanes) is 1. The van der Waals surface area contributed by atoms with E-state index in [1.807, 2.05) is 6.92 Å². The van der Waals surface area contributed by atoms with E-state index >= 15 is 0 Å². The van der Waals surface area contributed by atoms with Gasteiger partial charge in [-0.25, -0.2) is 0 Å². The maximum absolute atomic E-state index is 9.64. The van der Waals surface area contributed by atoms with Crippen LogP contribution in [0.2, 0.25) is 0 Å². The molecule has 0 aromatic carbocycles. The van der Waals surface area contributed by atoms with Crippen molar-refractivity contribution in [2.45, 2.75) is 50.5 Å². The molecule has 1 heterocycles. The van der Waals surface area contributed by atoms with Crippen molar-refractivity contribution in [2.75, 3.05) is 12.4 Å². The number of hydrogen-bond acceptors (Lipinski definition) is 6. The van der Waals surface area contributed by atoms with Gasteiger partial charge in [0.05, 0.1) is 6.10 Å². The van der Waals surface area contributed by atoms with Gasteiger partial charge in [0.1, 0.15) is 18.3 Å². The van der Waals surface area contributed by atoms with Crippen LogP contribution in [-0.4, -0.2) is 58.4 Å². The van der Waals surface area contributed by atoms with Gasteiger partial charge in [0.2, 0.25) is 0 Å². The molecule has 1 fully saturated rings. The van der Waals surface area contributed by atoms with Crippen molar-refractivity contribution in [1.29, 1.82) is 0 Å². The molecule has 0 radical (unpaired) electrons. The Labute approximate surface area is 101 Å². The van der Waals surface area contributed by atoms with Gasteiger partial charge in [0.15, 0.2) is 6.29 Å². The van der Waals surface area contributed by atoms with Gasteiger partial charge in [-0.3, -0.25) is 0 Å². The van der Waals surface area contributed by atoms with E-state index in [0.29, 0.717) is 6.61 Å². The van der Waals surface area contributed by atoms with Crippen molar-refractivity contribution in [3.8, 4) is 0 Å². The normalized spacial score (nSPS) is 39.9. The molecule has 5 atom stereocenters. The SMILES string of the molecule is CCCCOC1OC(CS)C(O)C(O)C1O. The molecule has 0 bridgehead atoms. The maximum Gasteiger partial charge on any atom is 0.186 e. The number of ether oxygens (including phenoxy) is 2. The van der Waals surface area contributed by atoms with Crippen molar-refractivity contribution in [3.63, 3.8) is 0 Å². The van der Waals surface area contributed by atoms with E-state index in [-0.39, 0.29) is 5.75 Å². The van der Waals surface area contributed by atoms with Crippen LogP contribution in [0.3, 0.4) is 0 Å². The van der Waals surface area contributed by atoms with E-state index < -0.39 is 30.7 Å². The lowest BCUT2D eigenvalue weighted by Crippen LogP contribution is -2.58. The quantitative estimate of drug-likeness (QED) is 0.393. The van der Waals surface area contributed by atoms with E-state index in [0.717, 1.165) is 12.8 Å². The minimum Gasteiger partial charge on any atom is -0.388 e. The molecule has 3 N–H and O–H groups in total. The van der Waals surface area contributed by atoms with Gasteiger partial charge < -0.3 is 24.8 Å². The largest absolute Gasteiger partial charge is 0.388 e. The minimum atomic E-state index is -1.25. The summed E-state index contributed by atoms with van der Waals surface area (Å²) in [7, 11) is 0. The maximum atomic E-state index is 9.64. The Hall–Kier alpha value is 0.150. The van der Waals surface area contributed by atoms with Crippen molar-refractivity contribution in [2.24, 2.45) is 0 Å². The molecule has 0 amide bonds. The summed E-state index contributed by atoms with van der Waals surface area (Å²) in [6.07, 6.45) is -3.27. The fourth-order valence-electron chi connectivity index (χ4n) is 1.55. The summed E-state index contributed by atoms with van der Waals surface area (Å²) in [5.74, 6) is 0.262. The Bertz CT molecular complexity index is 202. The minimum absolute atomic E-state index is 0.262. The molecule has 5 nitrogen and oxygen atoms in total. The highest BCUT2D eigenvalue weighted by atomic mass is 32.1. The first kappa shape index (κ1) is 14.2. The topological polar surface area (TPSA) is 79.2 Å². The van der Waals surface area contributed by atoms with Crippen LogP contribution in [0.1, 0.15) is 19.8 Å². The Kier molecular flexibility index (Phi) is 6.02. The van der Waals surface area contributed by atoms with Gasteiger partial charge in [-0.1, -0.05) is 13.3 Å². The Morgan fingerprint density at radius 2 is 1.88 bits per heavy atom. The predicted molar refractivity (Wildman–Crippen MR) is 61.4 cm³/mol. The first-order valence-electron chi connectivity index (χ1n) is 5.54. The zero-order chi connectivity index (χ0) is 12.1. The number of hydrogen-bond donors (Lipinski definition) is 4. The molecule has 6 heteroatoms. The number of thiol groups is 1. The Balaban J connectivity index is 2.50. The lowest BCUT2D eigenvalue weighted by molar-refractivity contribution is -0.292. The number of rotatable bonds is 5. The van der Waals surface area contributed by atoms with Crippen LogP contribution in [0.25, 0.3) is 0 Å². The molecule has 1 saturated heterocycles. The number of aliphatic hydroxyl groups excluding tert-OH is 3. The summed E-state index contributed by atoms with van der Waals surface area (Å²) < 4.78 is 10.6. The summed E-state index contributed by atoms with van der Waals surface area (Å²) >= 11 is 4.01. The second-order valence-electron chi connectivity index (χ2n) is 3.92.